The lowest BCUT2D eigenvalue weighted by Gasteiger charge is -2.26. The molecule has 4 rings (SSSR count). The summed E-state index contributed by atoms with van der Waals surface area (Å²) in [4.78, 5) is 2.61. The number of hydrogen-bond acceptors (Lipinski definition) is 3. The molecule has 1 saturated carbocycles. The second-order valence-electron chi connectivity index (χ2n) is 7.74. The normalized spacial score (nSPS) is 20.5. The second kappa shape index (κ2) is 7.30. The molecule has 134 valence electrons. The molecule has 1 aliphatic carbocycles. The molecule has 0 N–H and O–H groups in total. The maximum Gasteiger partial charge on any atom is 0.0702 e. The van der Waals surface area contributed by atoms with Gasteiger partial charge in [0.1, 0.15) is 0 Å². The molecule has 2 heterocycles. The average Bonchev–Trinajstić information content (AvgIpc) is 3.12. The van der Waals surface area contributed by atoms with E-state index in [9.17, 15) is 0 Å². The summed E-state index contributed by atoms with van der Waals surface area (Å²) in [7, 11) is 0. The topological polar surface area (TPSA) is 30.3 Å². The number of ether oxygens (including phenoxy) is 1. The molecule has 0 bridgehead atoms. The summed E-state index contributed by atoms with van der Waals surface area (Å²) in [5.41, 5.74) is 4.83. The molecule has 1 unspecified atom stereocenters. The minimum absolute atomic E-state index is 0.416. The SMILES string of the molecule is Cc1cc(C)n(-c2ccccc2CN(CC2CC2)CC2CCCO2)n1. The predicted molar refractivity (Wildman–Crippen MR) is 100 cm³/mol. The molecule has 1 aromatic heterocycles. The van der Waals surface area contributed by atoms with Gasteiger partial charge < -0.3 is 4.74 Å². The van der Waals surface area contributed by atoms with Gasteiger partial charge in [0.15, 0.2) is 0 Å². The van der Waals surface area contributed by atoms with E-state index in [1.54, 1.807) is 0 Å². The van der Waals surface area contributed by atoms with E-state index in [0.717, 1.165) is 31.3 Å². The minimum atomic E-state index is 0.416. The number of benzene rings is 1. The van der Waals surface area contributed by atoms with Crippen LogP contribution in [-0.2, 0) is 11.3 Å². The Morgan fingerprint density at radius 3 is 2.68 bits per heavy atom. The van der Waals surface area contributed by atoms with Gasteiger partial charge in [-0.3, -0.25) is 4.90 Å². The zero-order chi connectivity index (χ0) is 17.2. The van der Waals surface area contributed by atoms with Crippen molar-refractivity contribution in [2.24, 2.45) is 5.92 Å². The fraction of sp³-hybridized carbons (Fsp3) is 0.571. The third-order valence-corrected chi connectivity index (χ3v) is 5.32. The van der Waals surface area contributed by atoms with Crippen molar-refractivity contribution in [2.75, 3.05) is 19.7 Å². The summed E-state index contributed by atoms with van der Waals surface area (Å²) in [6, 6.07) is 10.8. The fourth-order valence-electron chi connectivity index (χ4n) is 3.91. The van der Waals surface area contributed by atoms with E-state index in [1.165, 1.54) is 49.2 Å². The van der Waals surface area contributed by atoms with E-state index in [2.05, 4.69) is 53.8 Å². The molecule has 2 aliphatic rings. The summed E-state index contributed by atoms with van der Waals surface area (Å²) < 4.78 is 7.99. The van der Waals surface area contributed by atoms with Gasteiger partial charge in [0, 0.05) is 31.9 Å². The van der Waals surface area contributed by atoms with Gasteiger partial charge in [0.25, 0.3) is 0 Å². The van der Waals surface area contributed by atoms with Crippen LogP contribution in [0.15, 0.2) is 30.3 Å². The lowest BCUT2D eigenvalue weighted by atomic mass is 10.1. The van der Waals surface area contributed by atoms with E-state index < -0.39 is 0 Å². The van der Waals surface area contributed by atoms with Crippen LogP contribution in [0, 0.1) is 19.8 Å². The van der Waals surface area contributed by atoms with Crippen LogP contribution in [0.25, 0.3) is 5.69 Å². The summed E-state index contributed by atoms with van der Waals surface area (Å²) in [5, 5.41) is 4.70. The van der Waals surface area contributed by atoms with Gasteiger partial charge in [-0.05, 0) is 63.1 Å². The maximum absolute atomic E-state index is 5.90. The smallest absolute Gasteiger partial charge is 0.0702 e. The van der Waals surface area contributed by atoms with Crippen LogP contribution < -0.4 is 0 Å². The number of hydrogen-bond donors (Lipinski definition) is 0. The highest BCUT2D eigenvalue weighted by Crippen LogP contribution is 2.31. The van der Waals surface area contributed by atoms with Crippen molar-refractivity contribution in [1.82, 2.24) is 14.7 Å². The molecule has 1 aliphatic heterocycles. The van der Waals surface area contributed by atoms with Crippen molar-refractivity contribution < 1.29 is 4.74 Å². The monoisotopic (exact) mass is 339 g/mol. The Bertz CT molecular complexity index is 714. The maximum atomic E-state index is 5.90. The first-order chi connectivity index (χ1) is 12.2. The molecule has 2 aromatic rings. The minimum Gasteiger partial charge on any atom is -0.377 e. The third-order valence-electron chi connectivity index (χ3n) is 5.32. The lowest BCUT2D eigenvalue weighted by Crippen LogP contribution is -2.33. The van der Waals surface area contributed by atoms with Crippen LogP contribution in [0.1, 0.15) is 42.6 Å². The molecule has 4 heteroatoms. The molecule has 0 spiro atoms. The van der Waals surface area contributed by atoms with Gasteiger partial charge in [-0.2, -0.15) is 5.10 Å². The van der Waals surface area contributed by atoms with Crippen molar-refractivity contribution in [1.29, 1.82) is 0 Å². The molecular weight excluding hydrogens is 310 g/mol. The molecule has 2 fully saturated rings. The van der Waals surface area contributed by atoms with Crippen molar-refractivity contribution in [3.63, 3.8) is 0 Å². The highest BCUT2D eigenvalue weighted by molar-refractivity contribution is 5.42. The standard InChI is InChI=1S/C21H29N3O/c1-16-12-17(2)24(22-16)21-8-4-3-6-19(21)14-23(13-18-9-10-18)15-20-7-5-11-25-20/h3-4,6,8,12,18,20H,5,7,9-11,13-15H2,1-2H3. The van der Waals surface area contributed by atoms with E-state index in [-0.39, 0.29) is 0 Å². The third kappa shape index (κ3) is 4.13. The number of rotatable bonds is 7. The highest BCUT2D eigenvalue weighted by Gasteiger charge is 2.27. The number of aromatic nitrogens is 2. The summed E-state index contributed by atoms with van der Waals surface area (Å²) in [6.07, 6.45) is 5.62. The van der Waals surface area contributed by atoms with E-state index in [1.807, 2.05) is 0 Å². The Labute approximate surface area is 150 Å². The quantitative estimate of drug-likeness (QED) is 0.767. The van der Waals surface area contributed by atoms with Crippen LogP contribution in [0.4, 0.5) is 0 Å². The first-order valence-electron chi connectivity index (χ1n) is 9.64. The molecule has 0 amide bonds. The van der Waals surface area contributed by atoms with Crippen LogP contribution >= 0.6 is 0 Å². The highest BCUT2D eigenvalue weighted by atomic mass is 16.5. The summed E-state index contributed by atoms with van der Waals surface area (Å²) in [5.74, 6) is 0.891. The van der Waals surface area contributed by atoms with Gasteiger partial charge in [-0.15, -0.1) is 0 Å². The van der Waals surface area contributed by atoms with Gasteiger partial charge in [0.2, 0.25) is 0 Å². The van der Waals surface area contributed by atoms with E-state index in [4.69, 9.17) is 9.84 Å². The molecule has 1 aromatic carbocycles. The second-order valence-corrected chi connectivity index (χ2v) is 7.74. The molecule has 4 nitrogen and oxygen atoms in total. The van der Waals surface area contributed by atoms with Crippen LogP contribution in [0.5, 0.6) is 0 Å². The van der Waals surface area contributed by atoms with Gasteiger partial charge in [-0.1, -0.05) is 18.2 Å². The van der Waals surface area contributed by atoms with Crippen LogP contribution in [0.3, 0.4) is 0 Å². The Kier molecular flexibility index (Phi) is 4.91. The molecular formula is C21H29N3O. The average molecular weight is 339 g/mol. The zero-order valence-electron chi connectivity index (χ0n) is 15.4. The Balaban J connectivity index is 1.55. The summed E-state index contributed by atoms with van der Waals surface area (Å²) in [6.45, 7) is 8.36. The molecule has 1 saturated heterocycles. The number of aryl methyl sites for hydroxylation is 2. The van der Waals surface area contributed by atoms with Gasteiger partial charge >= 0.3 is 0 Å². The first-order valence-corrected chi connectivity index (χ1v) is 9.64. The Morgan fingerprint density at radius 1 is 1.16 bits per heavy atom. The number of nitrogens with zero attached hydrogens (tertiary/aromatic N) is 3. The van der Waals surface area contributed by atoms with Crippen molar-refractivity contribution in [2.45, 2.75) is 52.2 Å². The fourth-order valence-corrected chi connectivity index (χ4v) is 3.91. The van der Waals surface area contributed by atoms with Gasteiger partial charge in [-0.25, -0.2) is 4.68 Å². The Hall–Kier alpha value is -1.65. The first kappa shape index (κ1) is 16.8. The Morgan fingerprint density at radius 2 is 2.00 bits per heavy atom. The van der Waals surface area contributed by atoms with Gasteiger partial charge in [0.05, 0.1) is 17.5 Å². The van der Waals surface area contributed by atoms with Crippen molar-refractivity contribution in [3.05, 3.63) is 47.3 Å². The van der Waals surface area contributed by atoms with E-state index in [0.29, 0.717) is 6.10 Å². The summed E-state index contributed by atoms with van der Waals surface area (Å²) >= 11 is 0. The largest absolute Gasteiger partial charge is 0.377 e. The van der Waals surface area contributed by atoms with Crippen LogP contribution in [0.2, 0.25) is 0 Å². The zero-order valence-corrected chi connectivity index (χ0v) is 15.4. The molecule has 0 radical (unpaired) electrons. The molecule has 25 heavy (non-hydrogen) atoms. The van der Waals surface area contributed by atoms with Crippen LogP contribution in [-0.4, -0.2) is 40.5 Å². The molecule has 1 atom stereocenters. The van der Waals surface area contributed by atoms with Crippen molar-refractivity contribution >= 4 is 0 Å². The number of para-hydroxylation sites is 1. The van der Waals surface area contributed by atoms with Crippen molar-refractivity contribution in [3.8, 4) is 5.69 Å². The van der Waals surface area contributed by atoms with E-state index >= 15 is 0 Å². The lowest BCUT2D eigenvalue weighted by molar-refractivity contribution is 0.0689. The predicted octanol–water partition coefficient (Wildman–Crippen LogP) is 3.88.